The summed E-state index contributed by atoms with van der Waals surface area (Å²) in [5.41, 5.74) is 0.813. The maximum atomic E-state index is 13.2. The number of hydrogen-bond acceptors (Lipinski definition) is 6. The van der Waals surface area contributed by atoms with E-state index in [0.29, 0.717) is 17.2 Å². The number of quaternary nitrogens is 1. The zero-order valence-corrected chi connectivity index (χ0v) is 16.4. The molecular formula is C18H21F3N7O2+. The Hall–Kier alpha value is -3.12. The molecule has 160 valence electrons. The van der Waals surface area contributed by atoms with Crippen molar-refractivity contribution in [2.45, 2.75) is 39.6 Å². The van der Waals surface area contributed by atoms with E-state index >= 15 is 0 Å². The standard InChI is InChI=1S/C18H20F3N7O2/c1-9-5-10(2)25-17(24-9)11(6-22)16(23)26-14(29)7-28-13-3-4-30-8-12(13)15(27-28)18(19,20)21/h5-6,22,24H,3-4,7-8H2,1-2H3,(H2,23,26,29)/p+1. The molecule has 12 heteroatoms. The highest BCUT2D eigenvalue weighted by Gasteiger charge is 2.40. The Kier molecular flexibility index (Phi) is 5.99. The fourth-order valence-electron chi connectivity index (χ4n) is 3.30. The van der Waals surface area contributed by atoms with E-state index < -0.39 is 24.3 Å². The first-order chi connectivity index (χ1) is 14.1. The van der Waals surface area contributed by atoms with Crippen molar-refractivity contribution < 1.29 is 28.0 Å². The van der Waals surface area contributed by atoms with Crippen LogP contribution in [0.5, 0.6) is 0 Å². The predicted molar refractivity (Wildman–Crippen MR) is 101 cm³/mol. The Morgan fingerprint density at radius 2 is 2.17 bits per heavy atom. The van der Waals surface area contributed by atoms with E-state index in [1.807, 2.05) is 13.0 Å². The Bertz CT molecular complexity index is 1000. The number of aromatic nitrogens is 2. The maximum Gasteiger partial charge on any atom is 0.435 e. The number of carbonyl (C=O) groups excluding carboxylic acids is 1. The first-order valence-corrected chi connectivity index (χ1v) is 9.05. The van der Waals surface area contributed by atoms with Crippen molar-refractivity contribution in [3.05, 3.63) is 40.1 Å². The summed E-state index contributed by atoms with van der Waals surface area (Å²) in [7, 11) is 0. The number of alkyl halides is 3. The lowest BCUT2D eigenvalue weighted by Gasteiger charge is -2.16. The quantitative estimate of drug-likeness (QED) is 0.422. The smallest absolute Gasteiger partial charge is 0.376 e. The van der Waals surface area contributed by atoms with Crippen LogP contribution in [-0.4, -0.2) is 40.1 Å². The minimum atomic E-state index is -4.66. The molecule has 0 saturated carbocycles. The average molecular weight is 424 g/mol. The van der Waals surface area contributed by atoms with Gasteiger partial charge in [-0.05, 0) is 6.92 Å². The number of nitrogens with zero attached hydrogens (tertiary/aromatic N) is 3. The van der Waals surface area contributed by atoms with E-state index in [-0.39, 0.29) is 36.6 Å². The van der Waals surface area contributed by atoms with Gasteiger partial charge in [0.25, 0.3) is 0 Å². The van der Waals surface area contributed by atoms with Gasteiger partial charge in [0.15, 0.2) is 5.69 Å². The van der Waals surface area contributed by atoms with Crippen molar-refractivity contribution in [3.63, 3.8) is 0 Å². The number of aliphatic imine (C=N–C) groups is 1. The maximum absolute atomic E-state index is 13.2. The minimum Gasteiger partial charge on any atom is -0.376 e. The number of rotatable bonds is 4. The van der Waals surface area contributed by atoms with E-state index in [1.54, 1.807) is 12.2 Å². The molecule has 1 amide bonds. The molecule has 0 radical (unpaired) electrons. The van der Waals surface area contributed by atoms with Gasteiger partial charge in [-0.15, -0.1) is 0 Å². The summed E-state index contributed by atoms with van der Waals surface area (Å²) < 4.78 is 45.8. The van der Waals surface area contributed by atoms with Crippen LogP contribution in [0.25, 0.3) is 0 Å². The van der Waals surface area contributed by atoms with Crippen LogP contribution < -0.4 is 10.6 Å². The first kappa shape index (κ1) is 21.6. The number of hydrogen-bond donors (Lipinski definition) is 4. The third-order valence-corrected chi connectivity index (χ3v) is 4.51. The van der Waals surface area contributed by atoms with Crippen LogP contribution in [-0.2, 0) is 35.3 Å². The van der Waals surface area contributed by atoms with Crippen LogP contribution in [0.4, 0.5) is 13.2 Å². The fraction of sp³-hybridized carbons (Fsp3) is 0.389. The molecule has 0 atom stereocenters. The highest BCUT2D eigenvalue weighted by atomic mass is 19.4. The summed E-state index contributed by atoms with van der Waals surface area (Å²) in [6.45, 7) is 3.13. The summed E-state index contributed by atoms with van der Waals surface area (Å²) in [5, 5.41) is 23.3. The van der Waals surface area contributed by atoms with Gasteiger partial charge in [-0.25, -0.2) is 4.99 Å². The summed E-state index contributed by atoms with van der Waals surface area (Å²) >= 11 is 0. The molecule has 5 N–H and O–H groups in total. The summed E-state index contributed by atoms with van der Waals surface area (Å²) in [5.74, 6) is -0.747. The lowest BCUT2D eigenvalue weighted by molar-refractivity contribution is -0.556. The van der Waals surface area contributed by atoms with E-state index in [4.69, 9.17) is 15.6 Å². The van der Waals surface area contributed by atoms with Gasteiger partial charge < -0.3 is 15.5 Å². The number of allylic oxidation sites excluding steroid dienone is 2. The summed E-state index contributed by atoms with van der Waals surface area (Å²) in [6.07, 6.45) is -1.72. The van der Waals surface area contributed by atoms with Crippen LogP contribution >= 0.6 is 0 Å². The molecule has 2 aliphatic heterocycles. The zero-order valence-electron chi connectivity index (χ0n) is 16.4. The van der Waals surface area contributed by atoms with Crippen LogP contribution in [0.2, 0.25) is 0 Å². The Morgan fingerprint density at radius 3 is 2.80 bits per heavy atom. The number of amides is 1. The van der Waals surface area contributed by atoms with Crippen LogP contribution in [0.15, 0.2) is 28.2 Å². The second-order valence-corrected chi connectivity index (χ2v) is 6.88. The molecule has 0 spiro atoms. The molecule has 0 bridgehead atoms. The minimum absolute atomic E-state index is 0.0668. The van der Waals surface area contributed by atoms with Crippen molar-refractivity contribution in [2.24, 2.45) is 4.99 Å². The largest absolute Gasteiger partial charge is 0.435 e. The fourth-order valence-corrected chi connectivity index (χ4v) is 3.30. The van der Waals surface area contributed by atoms with Crippen LogP contribution in [0.1, 0.15) is 30.8 Å². The molecule has 0 unspecified atom stereocenters. The highest BCUT2D eigenvalue weighted by molar-refractivity contribution is 6.18. The molecule has 9 nitrogen and oxygen atoms in total. The molecule has 0 aliphatic carbocycles. The number of amidine groups is 1. The van der Waals surface area contributed by atoms with Crippen molar-refractivity contribution in [2.75, 3.05) is 6.61 Å². The van der Waals surface area contributed by atoms with Gasteiger partial charge >= 0.3 is 6.18 Å². The van der Waals surface area contributed by atoms with Gasteiger partial charge in [-0.3, -0.25) is 20.2 Å². The molecular weight excluding hydrogens is 403 g/mol. The van der Waals surface area contributed by atoms with E-state index in [2.05, 4.69) is 15.4 Å². The van der Waals surface area contributed by atoms with Gasteiger partial charge in [0.2, 0.25) is 11.7 Å². The van der Waals surface area contributed by atoms with Gasteiger partial charge in [-0.2, -0.15) is 18.3 Å². The predicted octanol–water partition coefficient (Wildman–Crippen LogP) is 0.871. The summed E-state index contributed by atoms with van der Waals surface area (Å²) in [6, 6.07) is 0. The number of halogens is 3. The second-order valence-electron chi connectivity index (χ2n) is 6.88. The van der Waals surface area contributed by atoms with Gasteiger partial charge in [0.1, 0.15) is 23.7 Å². The van der Waals surface area contributed by atoms with Crippen LogP contribution in [0.3, 0.4) is 0 Å². The molecule has 30 heavy (non-hydrogen) atoms. The van der Waals surface area contributed by atoms with Gasteiger partial charge in [-0.1, -0.05) is 0 Å². The lowest BCUT2D eigenvalue weighted by atomic mass is 10.1. The van der Waals surface area contributed by atoms with E-state index in [9.17, 15) is 18.0 Å². The molecule has 0 saturated heterocycles. The van der Waals surface area contributed by atoms with Crippen molar-refractivity contribution in [1.82, 2.24) is 15.1 Å². The number of fused-ring (bicyclic) bond motifs is 1. The van der Waals surface area contributed by atoms with Gasteiger partial charge in [0.05, 0.1) is 13.2 Å². The van der Waals surface area contributed by atoms with Crippen molar-refractivity contribution in [1.29, 1.82) is 10.8 Å². The first-order valence-electron chi connectivity index (χ1n) is 9.05. The molecule has 0 fully saturated rings. The molecule has 3 rings (SSSR count). The number of ether oxygens (including phenoxy) is 1. The zero-order chi connectivity index (χ0) is 22.1. The topological polar surface area (TPSA) is 133 Å². The SMILES string of the molecule is CC1=CC(C)=NC(=C(C=N)C(=N)NC(=O)Cn2nc(C(F)(F)F)c3c2CCOC3)[NH2+]1. The number of nitrogens with two attached hydrogens (primary N) is 1. The Morgan fingerprint density at radius 1 is 1.43 bits per heavy atom. The normalized spacial score (nSPS) is 18.2. The number of nitrogens with one attached hydrogen (secondary N) is 3. The molecule has 1 aromatic rings. The third kappa shape index (κ3) is 4.54. The summed E-state index contributed by atoms with van der Waals surface area (Å²) in [4.78, 5) is 16.7. The second kappa shape index (κ2) is 8.32. The van der Waals surface area contributed by atoms with E-state index in [1.165, 1.54) is 0 Å². The van der Waals surface area contributed by atoms with E-state index in [0.717, 1.165) is 16.6 Å². The molecule has 1 aromatic heterocycles. The monoisotopic (exact) mass is 424 g/mol. The van der Waals surface area contributed by atoms with Crippen molar-refractivity contribution in [3.8, 4) is 0 Å². The van der Waals surface area contributed by atoms with Crippen molar-refractivity contribution >= 4 is 23.7 Å². The molecule has 0 aromatic carbocycles. The van der Waals surface area contributed by atoms with Crippen LogP contribution in [0, 0.1) is 10.8 Å². The average Bonchev–Trinajstić information content (AvgIpc) is 3.00. The Labute approximate surface area is 169 Å². The molecule has 3 heterocycles. The molecule has 2 aliphatic rings. The highest BCUT2D eigenvalue weighted by Crippen LogP contribution is 2.34. The van der Waals surface area contributed by atoms with Gasteiger partial charge in [0, 0.05) is 42.6 Å². The Balaban J connectivity index is 1.79. The number of carbonyl (C=O) groups is 1. The third-order valence-electron chi connectivity index (χ3n) is 4.51. The lowest BCUT2D eigenvalue weighted by Crippen LogP contribution is -2.80.